The summed E-state index contributed by atoms with van der Waals surface area (Å²) >= 11 is 3.58. The summed E-state index contributed by atoms with van der Waals surface area (Å²) in [5.74, 6) is 0.942. The Balaban J connectivity index is 1.78. The van der Waals surface area contributed by atoms with Crippen LogP contribution in [-0.4, -0.2) is 38.2 Å². The minimum absolute atomic E-state index is 0.768. The number of likely N-dealkylation sites (tertiary alicyclic amines) is 1. The predicted octanol–water partition coefficient (Wildman–Crippen LogP) is 3.03. The maximum atomic E-state index is 5.86. The van der Waals surface area contributed by atoms with Crippen molar-refractivity contribution in [3.63, 3.8) is 0 Å². The molecule has 3 nitrogen and oxygen atoms in total. The van der Waals surface area contributed by atoms with Gasteiger partial charge in [0.05, 0.1) is 4.47 Å². The van der Waals surface area contributed by atoms with Gasteiger partial charge in [-0.2, -0.15) is 0 Å². The van der Waals surface area contributed by atoms with Crippen molar-refractivity contribution in [3.8, 4) is 5.75 Å². The van der Waals surface area contributed by atoms with E-state index in [1.807, 2.05) is 13.1 Å². The molecule has 0 saturated carbocycles. The first-order valence-electron chi connectivity index (χ1n) is 7.08. The van der Waals surface area contributed by atoms with E-state index in [-0.39, 0.29) is 0 Å². The van der Waals surface area contributed by atoms with Gasteiger partial charge in [0, 0.05) is 13.1 Å². The molecular formula is C15H23BrN2O. The lowest BCUT2D eigenvalue weighted by atomic mass is 10.1. The fourth-order valence-corrected chi connectivity index (χ4v) is 2.98. The molecular weight excluding hydrogens is 304 g/mol. The summed E-state index contributed by atoms with van der Waals surface area (Å²) in [5.41, 5.74) is 1.26. The summed E-state index contributed by atoms with van der Waals surface area (Å²) in [7, 11) is 1.96. The van der Waals surface area contributed by atoms with E-state index in [1.54, 1.807) is 0 Å². The van der Waals surface area contributed by atoms with Crippen LogP contribution in [0.1, 0.15) is 24.8 Å². The predicted molar refractivity (Wildman–Crippen MR) is 82.7 cm³/mol. The highest BCUT2D eigenvalue weighted by Crippen LogP contribution is 2.26. The van der Waals surface area contributed by atoms with Gasteiger partial charge in [0.1, 0.15) is 12.4 Å². The van der Waals surface area contributed by atoms with E-state index in [4.69, 9.17) is 4.74 Å². The lowest BCUT2D eigenvalue weighted by Crippen LogP contribution is -2.33. The van der Waals surface area contributed by atoms with E-state index in [1.165, 1.54) is 37.9 Å². The maximum absolute atomic E-state index is 5.86. The summed E-state index contributed by atoms with van der Waals surface area (Å²) in [6, 6.07) is 6.27. The third-order valence-electron chi connectivity index (χ3n) is 3.49. The second-order valence-electron chi connectivity index (χ2n) is 5.05. The van der Waals surface area contributed by atoms with Gasteiger partial charge < -0.3 is 10.1 Å². The summed E-state index contributed by atoms with van der Waals surface area (Å²) in [6.45, 7) is 5.14. The van der Waals surface area contributed by atoms with Gasteiger partial charge in [-0.3, -0.25) is 4.90 Å². The lowest BCUT2D eigenvalue weighted by molar-refractivity contribution is 0.183. The Morgan fingerprint density at radius 1 is 1.26 bits per heavy atom. The van der Waals surface area contributed by atoms with Crippen molar-refractivity contribution < 1.29 is 4.74 Å². The van der Waals surface area contributed by atoms with Crippen molar-refractivity contribution in [1.82, 2.24) is 10.2 Å². The molecule has 19 heavy (non-hydrogen) atoms. The third-order valence-corrected chi connectivity index (χ3v) is 4.11. The molecule has 0 spiro atoms. The second-order valence-corrected chi connectivity index (χ2v) is 5.90. The molecule has 0 radical (unpaired) electrons. The third kappa shape index (κ3) is 4.79. The zero-order valence-corrected chi connectivity index (χ0v) is 13.2. The second kappa shape index (κ2) is 7.88. The number of piperidine rings is 1. The standard InChI is InChI=1S/C15H23BrN2O/c1-17-12-13-5-6-15(14(16)11-13)19-10-9-18-7-3-2-4-8-18/h5-6,11,17H,2-4,7-10,12H2,1H3. The van der Waals surface area contributed by atoms with Crippen molar-refractivity contribution in [2.45, 2.75) is 25.8 Å². The zero-order valence-electron chi connectivity index (χ0n) is 11.6. The Kier molecular flexibility index (Phi) is 6.14. The van der Waals surface area contributed by atoms with Gasteiger partial charge in [0.25, 0.3) is 0 Å². The monoisotopic (exact) mass is 326 g/mol. The van der Waals surface area contributed by atoms with Crippen LogP contribution in [0, 0.1) is 0 Å². The van der Waals surface area contributed by atoms with Crippen LogP contribution in [0.4, 0.5) is 0 Å². The number of halogens is 1. The van der Waals surface area contributed by atoms with Crippen molar-refractivity contribution in [2.24, 2.45) is 0 Å². The molecule has 0 aromatic heterocycles. The van der Waals surface area contributed by atoms with E-state index < -0.39 is 0 Å². The summed E-state index contributed by atoms with van der Waals surface area (Å²) in [5, 5.41) is 3.15. The molecule has 0 bridgehead atoms. The molecule has 1 aliphatic rings. The molecule has 1 aromatic carbocycles. The molecule has 2 rings (SSSR count). The van der Waals surface area contributed by atoms with Crippen molar-refractivity contribution in [3.05, 3.63) is 28.2 Å². The lowest BCUT2D eigenvalue weighted by Gasteiger charge is -2.26. The Bertz CT molecular complexity index is 392. The van der Waals surface area contributed by atoms with Gasteiger partial charge in [-0.25, -0.2) is 0 Å². The fourth-order valence-electron chi connectivity index (χ4n) is 2.44. The van der Waals surface area contributed by atoms with E-state index in [9.17, 15) is 0 Å². The minimum atomic E-state index is 0.768. The zero-order chi connectivity index (χ0) is 13.5. The van der Waals surface area contributed by atoms with Gasteiger partial charge >= 0.3 is 0 Å². The molecule has 1 heterocycles. The molecule has 1 N–H and O–H groups in total. The number of rotatable bonds is 6. The number of nitrogens with one attached hydrogen (secondary N) is 1. The molecule has 0 atom stereocenters. The maximum Gasteiger partial charge on any atom is 0.133 e. The summed E-state index contributed by atoms with van der Waals surface area (Å²) in [6.07, 6.45) is 4.06. The van der Waals surface area contributed by atoms with Gasteiger partial charge in [0.2, 0.25) is 0 Å². The Morgan fingerprint density at radius 3 is 2.74 bits per heavy atom. The van der Waals surface area contributed by atoms with Crippen LogP contribution >= 0.6 is 15.9 Å². The molecule has 1 aromatic rings. The largest absolute Gasteiger partial charge is 0.491 e. The van der Waals surface area contributed by atoms with Crippen LogP contribution in [0.5, 0.6) is 5.75 Å². The van der Waals surface area contributed by atoms with Crippen LogP contribution < -0.4 is 10.1 Å². The Morgan fingerprint density at radius 2 is 2.05 bits per heavy atom. The number of hydrogen-bond donors (Lipinski definition) is 1. The van der Waals surface area contributed by atoms with Crippen LogP contribution in [0.2, 0.25) is 0 Å². The first-order valence-corrected chi connectivity index (χ1v) is 7.87. The summed E-state index contributed by atoms with van der Waals surface area (Å²) in [4.78, 5) is 2.49. The number of hydrogen-bond acceptors (Lipinski definition) is 3. The van der Waals surface area contributed by atoms with Gasteiger partial charge in [-0.05, 0) is 66.6 Å². The molecule has 0 unspecified atom stereocenters. The average Bonchev–Trinajstić information content (AvgIpc) is 2.43. The molecule has 106 valence electrons. The van der Waals surface area contributed by atoms with E-state index in [2.05, 4.69) is 38.3 Å². The van der Waals surface area contributed by atoms with E-state index >= 15 is 0 Å². The van der Waals surface area contributed by atoms with Gasteiger partial charge in [-0.1, -0.05) is 12.5 Å². The molecule has 0 amide bonds. The first-order chi connectivity index (χ1) is 9.29. The molecule has 4 heteroatoms. The van der Waals surface area contributed by atoms with Crippen molar-refractivity contribution in [2.75, 3.05) is 33.3 Å². The van der Waals surface area contributed by atoms with Crippen LogP contribution in [0.25, 0.3) is 0 Å². The van der Waals surface area contributed by atoms with Gasteiger partial charge in [-0.15, -0.1) is 0 Å². The van der Waals surface area contributed by atoms with Crippen LogP contribution in [0.15, 0.2) is 22.7 Å². The average molecular weight is 327 g/mol. The van der Waals surface area contributed by atoms with Gasteiger partial charge in [0.15, 0.2) is 0 Å². The molecule has 1 fully saturated rings. The minimum Gasteiger partial charge on any atom is -0.491 e. The smallest absolute Gasteiger partial charge is 0.133 e. The molecule has 1 saturated heterocycles. The van der Waals surface area contributed by atoms with E-state index in [0.717, 1.165) is 29.9 Å². The highest BCUT2D eigenvalue weighted by molar-refractivity contribution is 9.10. The Hall–Kier alpha value is -0.580. The van der Waals surface area contributed by atoms with Crippen molar-refractivity contribution >= 4 is 15.9 Å². The van der Waals surface area contributed by atoms with E-state index in [0.29, 0.717) is 0 Å². The SMILES string of the molecule is CNCc1ccc(OCCN2CCCCC2)c(Br)c1. The quantitative estimate of drug-likeness (QED) is 0.869. The molecule has 0 aliphatic carbocycles. The normalized spacial score (nSPS) is 16.5. The number of nitrogens with zero attached hydrogens (tertiary/aromatic N) is 1. The first kappa shape index (κ1) is 14.8. The molecule has 1 aliphatic heterocycles. The fraction of sp³-hybridized carbons (Fsp3) is 0.600. The van der Waals surface area contributed by atoms with Crippen molar-refractivity contribution in [1.29, 1.82) is 0 Å². The highest BCUT2D eigenvalue weighted by atomic mass is 79.9. The van der Waals surface area contributed by atoms with Crippen LogP contribution in [0.3, 0.4) is 0 Å². The Labute approximate surface area is 124 Å². The number of ether oxygens (including phenoxy) is 1. The topological polar surface area (TPSA) is 24.5 Å². The highest BCUT2D eigenvalue weighted by Gasteiger charge is 2.10. The summed E-state index contributed by atoms with van der Waals surface area (Å²) < 4.78 is 6.90. The van der Waals surface area contributed by atoms with Crippen LogP contribution in [-0.2, 0) is 6.54 Å². The number of benzene rings is 1.